The molecule has 20 heavy (non-hydrogen) atoms. The first-order valence-electron chi connectivity index (χ1n) is 6.56. The number of halogens is 3. The number of nitrogens with two attached hydrogens (primary N) is 1. The molecule has 0 spiro atoms. The van der Waals surface area contributed by atoms with Crippen LogP contribution in [0.25, 0.3) is 0 Å². The highest BCUT2D eigenvalue weighted by atomic mass is 19.4. The van der Waals surface area contributed by atoms with Gasteiger partial charge in [0.15, 0.2) is 0 Å². The number of aromatic nitrogens is 2. The number of anilines is 2. The maximum Gasteiger partial charge on any atom is 0.411 e. The minimum absolute atomic E-state index is 0.0735. The van der Waals surface area contributed by atoms with Crippen LogP contribution >= 0.6 is 0 Å². The molecular weight excluding hydrogens is 271 g/mol. The summed E-state index contributed by atoms with van der Waals surface area (Å²) in [6, 6.07) is 0. The number of hydrogen-bond acceptors (Lipinski definition) is 5. The first kappa shape index (κ1) is 13.4. The Morgan fingerprint density at radius 1 is 1.20 bits per heavy atom. The van der Waals surface area contributed by atoms with Gasteiger partial charge < -0.3 is 10.7 Å². The van der Waals surface area contributed by atoms with E-state index in [1.54, 1.807) is 6.92 Å². The number of nitrogens with one attached hydrogen (secondary N) is 2. The van der Waals surface area contributed by atoms with Crippen LogP contribution in [0.5, 0.6) is 0 Å². The predicted molar refractivity (Wildman–Crippen MR) is 68.2 cm³/mol. The monoisotopic (exact) mass is 287 g/mol. The maximum absolute atomic E-state index is 13.0. The highest BCUT2D eigenvalue weighted by Gasteiger charge is 2.64. The molecule has 2 aliphatic carbocycles. The molecule has 4 N–H and O–H groups in total. The smallest absolute Gasteiger partial charge is 0.356 e. The molecule has 2 saturated carbocycles. The molecule has 1 aromatic heterocycles. The summed E-state index contributed by atoms with van der Waals surface area (Å²) < 4.78 is 39.1. The molecule has 2 fully saturated rings. The van der Waals surface area contributed by atoms with Gasteiger partial charge in [-0.05, 0) is 32.6 Å². The summed E-state index contributed by atoms with van der Waals surface area (Å²) in [7, 11) is 0. The highest BCUT2D eigenvalue weighted by Crippen LogP contribution is 2.51. The van der Waals surface area contributed by atoms with Crippen molar-refractivity contribution in [2.45, 2.75) is 50.2 Å². The summed E-state index contributed by atoms with van der Waals surface area (Å²) in [4.78, 5) is 8.52. The summed E-state index contributed by atoms with van der Waals surface area (Å²) in [5.41, 5.74) is 1.10. The average Bonchev–Trinajstić information content (AvgIpc) is 3.24. The van der Waals surface area contributed by atoms with Crippen molar-refractivity contribution in [3.05, 3.63) is 11.4 Å². The second-order valence-corrected chi connectivity index (χ2v) is 5.53. The Balaban J connectivity index is 1.94. The Labute approximate surface area is 114 Å². The van der Waals surface area contributed by atoms with Crippen LogP contribution in [0.2, 0.25) is 0 Å². The minimum atomic E-state index is -4.28. The lowest BCUT2D eigenvalue weighted by Gasteiger charge is -2.23. The van der Waals surface area contributed by atoms with Gasteiger partial charge in [-0.15, -0.1) is 0 Å². The molecule has 0 unspecified atom stereocenters. The fraction of sp³-hybridized carbons (Fsp3) is 0.667. The van der Waals surface area contributed by atoms with Crippen molar-refractivity contribution < 1.29 is 13.2 Å². The third-order valence-corrected chi connectivity index (χ3v) is 3.89. The second-order valence-electron chi connectivity index (χ2n) is 5.53. The van der Waals surface area contributed by atoms with Gasteiger partial charge in [-0.25, -0.2) is 15.8 Å². The molecular formula is C12H16F3N5. The van der Waals surface area contributed by atoms with Gasteiger partial charge in [0.05, 0.1) is 0 Å². The first-order chi connectivity index (χ1) is 9.36. The van der Waals surface area contributed by atoms with E-state index in [-0.39, 0.29) is 24.6 Å². The molecule has 110 valence electrons. The zero-order chi connectivity index (χ0) is 14.5. The Morgan fingerprint density at radius 3 is 2.25 bits per heavy atom. The number of nitrogen functional groups attached to an aromatic ring is 1. The fourth-order valence-corrected chi connectivity index (χ4v) is 2.15. The van der Waals surface area contributed by atoms with Gasteiger partial charge in [-0.2, -0.15) is 13.2 Å². The molecule has 0 aromatic carbocycles. The lowest BCUT2D eigenvalue weighted by atomic mass is 10.2. The summed E-state index contributed by atoms with van der Waals surface area (Å²) in [6.07, 6.45) is -2.19. The van der Waals surface area contributed by atoms with E-state index in [0.717, 1.165) is 12.8 Å². The third-order valence-electron chi connectivity index (χ3n) is 3.89. The molecule has 5 nitrogen and oxygen atoms in total. The van der Waals surface area contributed by atoms with Crippen LogP contribution in [0.1, 0.15) is 43.0 Å². The van der Waals surface area contributed by atoms with Crippen molar-refractivity contribution in [1.82, 2.24) is 9.97 Å². The third kappa shape index (κ3) is 2.17. The van der Waals surface area contributed by atoms with E-state index >= 15 is 0 Å². The molecule has 0 bridgehead atoms. The van der Waals surface area contributed by atoms with Crippen LogP contribution in [0.4, 0.5) is 24.8 Å². The normalized spacial score (nSPS) is 20.6. The molecule has 8 heteroatoms. The van der Waals surface area contributed by atoms with E-state index in [1.165, 1.54) is 0 Å². The average molecular weight is 287 g/mol. The van der Waals surface area contributed by atoms with E-state index in [2.05, 4.69) is 20.7 Å². The van der Waals surface area contributed by atoms with Gasteiger partial charge in [-0.1, -0.05) is 0 Å². The number of hydrogen-bond donors (Lipinski definition) is 3. The minimum Gasteiger partial charge on any atom is -0.356 e. The van der Waals surface area contributed by atoms with Crippen molar-refractivity contribution in [1.29, 1.82) is 0 Å². The Bertz CT molecular complexity index is 535. The molecule has 0 aliphatic heterocycles. The van der Waals surface area contributed by atoms with Crippen LogP contribution in [0.15, 0.2) is 0 Å². The quantitative estimate of drug-likeness (QED) is 0.586. The topological polar surface area (TPSA) is 75.9 Å². The van der Waals surface area contributed by atoms with Crippen LogP contribution in [0, 0.1) is 6.92 Å². The lowest BCUT2D eigenvalue weighted by molar-refractivity contribution is -0.151. The second kappa shape index (κ2) is 4.21. The molecule has 3 rings (SSSR count). The van der Waals surface area contributed by atoms with Crippen molar-refractivity contribution in [3.8, 4) is 0 Å². The summed E-state index contributed by atoms with van der Waals surface area (Å²) in [6.45, 7) is 1.65. The standard InChI is InChI=1S/C12H16F3N5/c1-6-8(19-11(4-5-11)12(13,14)15)17-10(7-2-3-7)18-9(6)20-16/h7H,2-5,16H2,1H3,(H2,17,18,19,20). The molecule has 0 radical (unpaired) electrons. The number of rotatable bonds is 4. The van der Waals surface area contributed by atoms with Gasteiger partial charge in [0, 0.05) is 11.5 Å². The highest BCUT2D eigenvalue weighted by molar-refractivity contribution is 5.59. The zero-order valence-corrected chi connectivity index (χ0v) is 11.0. The predicted octanol–water partition coefficient (Wildman–Crippen LogP) is 2.45. The maximum atomic E-state index is 13.0. The Morgan fingerprint density at radius 2 is 1.80 bits per heavy atom. The van der Waals surface area contributed by atoms with Gasteiger partial charge in [0.2, 0.25) is 0 Å². The van der Waals surface area contributed by atoms with E-state index < -0.39 is 11.7 Å². The van der Waals surface area contributed by atoms with Crippen molar-refractivity contribution in [3.63, 3.8) is 0 Å². The Hall–Kier alpha value is -1.57. The number of alkyl halides is 3. The zero-order valence-electron chi connectivity index (χ0n) is 11.0. The van der Waals surface area contributed by atoms with Crippen LogP contribution < -0.4 is 16.6 Å². The fourth-order valence-electron chi connectivity index (χ4n) is 2.15. The number of hydrazine groups is 1. The molecule has 1 aromatic rings. The van der Waals surface area contributed by atoms with Crippen molar-refractivity contribution >= 4 is 11.6 Å². The molecule has 0 amide bonds. The largest absolute Gasteiger partial charge is 0.411 e. The summed E-state index contributed by atoms with van der Waals surface area (Å²) in [5.74, 6) is 6.79. The van der Waals surface area contributed by atoms with E-state index in [4.69, 9.17) is 5.84 Å². The summed E-state index contributed by atoms with van der Waals surface area (Å²) in [5, 5.41) is 2.56. The molecule has 0 saturated heterocycles. The van der Waals surface area contributed by atoms with E-state index in [9.17, 15) is 13.2 Å². The van der Waals surface area contributed by atoms with Crippen molar-refractivity contribution in [2.24, 2.45) is 5.84 Å². The SMILES string of the molecule is Cc1c(NN)nc(C2CC2)nc1NC1(C(F)(F)F)CC1. The van der Waals surface area contributed by atoms with E-state index in [0.29, 0.717) is 17.2 Å². The van der Waals surface area contributed by atoms with Crippen molar-refractivity contribution in [2.75, 3.05) is 10.7 Å². The number of nitrogens with zero attached hydrogens (tertiary/aromatic N) is 2. The van der Waals surface area contributed by atoms with E-state index in [1.807, 2.05) is 0 Å². The molecule has 1 heterocycles. The van der Waals surface area contributed by atoms with Crippen LogP contribution in [-0.2, 0) is 0 Å². The molecule has 2 aliphatic rings. The van der Waals surface area contributed by atoms with Gasteiger partial charge in [0.25, 0.3) is 0 Å². The van der Waals surface area contributed by atoms with Gasteiger partial charge in [-0.3, -0.25) is 0 Å². The van der Waals surface area contributed by atoms with Gasteiger partial charge in [0.1, 0.15) is 23.0 Å². The Kier molecular flexibility index (Phi) is 2.82. The first-order valence-corrected chi connectivity index (χ1v) is 6.56. The van der Waals surface area contributed by atoms with Gasteiger partial charge >= 0.3 is 6.18 Å². The van der Waals surface area contributed by atoms with Crippen LogP contribution in [-0.4, -0.2) is 21.7 Å². The lowest BCUT2D eigenvalue weighted by Crippen LogP contribution is -2.39. The summed E-state index contributed by atoms with van der Waals surface area (Å²) >= 11 is 0. The van der Waals surface area contributed by atoms with Crippen LogP contribution in [0.3, 0.4) is 0 Å². The molecule has 0 atom stereocenters.